The number of pyridine rings is 1. The van der Waals surface area contributed by atoms with Crippen molar-refractivity contribution in [3.63, 3.8) is 0 Å². The number of likely N-dealkylation sites (N-methyl/N-ethyl adjacent to an activating group) is 1. The normalized spacial score (nSPS) is 18.2. The Labute approximate surface area is 147 Å². The van der Waals surface area contributed by atoms with Crippen LogP contribution in [0.15, 0.2) is 52.5 Å². The highest BCUT2D eigenvalue weighted by Crippen LogP contribution is 2.34. The number of carbonyl (C=O) groups excluding carboxylic acids is 1. The van der Waals surface area contributed by atoms with Gasteiger partial charge in [-0.25, -0.2) is 9.98 Å². The molecule has 1 aromatic carbocycles. The van der Waals surface area contributed by atoms with E-state index in [1.54, 1.807) is 37.5 Å². The van der Waals surface area contributed by atoms with Gasteiger partial charge in [0.05, 0.1) is 4.91 Å². The minimum atomic E-state index is -0.108. The van der Waals surface area contributed by atoms with E-state index in [9.17, 15) is 4.79 Å². The largest absolute Gasteiger partial charge is 0.290 e. The Kier molecular flexibility index (Phi) is 4.71. The van der Waals surface area contributed by atoms with Crippen molar-refractivity contribution in [1.29, 1.82) is 0 Å². The molecule has 2 heterocycles. The highest BCUT2D eigenvalue weighted by atomic mass is 35.5. The van der Waals surface area contributed by atoms with E-state index in [2.05, 4.69) is 9.98 Å². The average molecular weight is 364 g/mol. The van der Waals surface area contributed by atoms with E-state index in [1.165, 1.54) is 16.7 Å². The Balaban J connectivity index is 1.91. The number of rotatable bonds is 2. The van der Waals surface area contributed by atoms with Crippen LogP contribution in [0.4, 0.5) is 5.69 Å². The van der Waals surface area contributed by atoms with Crippen LogP contribution in [0.5, 0.6) is 0 Å². The molecule has 1 aliphatic heterocycles. The lowest BCUT2D eigenvalue weighted by atomic mass is 10.2. The second-order valence-corrected chi connectivity index (χ2v) is 6.54. The van der Waals surface area contributed by atoms with Gasteiger partial charge in [0.2, 0.25) is 0 Å². The number of hydrogen-bond acceptors (Lipinski definition) is 4. The molecule has 116 valence electrons. The zero-order chi connectivity index (χ0) is 16.4. The van der Waals surface area contributed by atoms with Crippen molar-refractivity contribution >= 4 is 57.8 Å². The maximum atomic E-state index is 12.3. The molecule has 1 aromatic heterocycles. The van der Waals surface area contributed by atoms with Crippen LogP contribution in [0.3, 0.4) is 0 Å². The fourth-order valence-corrected chi connectivity index (χ4v) is 3.19. The molecule has 1 aliphatic rings. The van der Waals surface area contributed by atoms with Crippen molar-refractivity contribution in [1.82, 2.24) is 9.88 Å². The predicted molar refractivity (Wildman–Crippen MR) is 96.1 cm³/mol. The number of aliphatic imine (C=N–C) groups is 1. The van der Waals surface area contributed by atoms with Crippen LogP contribution in [0.2, 0.25) is 10.2 Å². The van der Waals surface area contributed by atoms with E-state index in [0.29, 0.717) is 25.9 Å². The molecule has 1 saturated heterocycles. The number of hydrogen-bond donors (Lipinski definition) is 0. The van der Waals surface area contributed by atoms with Gasteiger partial charge < -0.3 is 0 Å². The van der Waals surface area contributed by atoms with Gasteiger partial charge in [0.1, 0.15) is 5.69 Å². The number of thioether (sulfide) groups is 1. The molecule has 3 rings (SSSR count). The van der Waals surface area contributed by atoms with Gasteiger partial charge >= 0.3 is 0 Å². The molecule has 1 amide bonds. The number of benzene rings is 1. The number of amidine groups is 1. The van der Waals surface area contributed by atoms with Crippen molar-refractivity contribution in [2.75, 3.05) is 7.05 Å². The summed E-state index contributed by atoms with van der Waals surface area (Å²) in [6.45, 7) is 0. The Bertz CT molecular complexity index is 818. The molecule has 7 heteroatoms. The fourth-order valence-electron chi connectivity index (χ4n) is 1.93. The smallest absolute Gasteiger partial charge is 0.266 e. The van der Waals surface area contributed by atoms with E-state index in [4.69, 9.17) is 23.2 Å². The second kappa shape index (κ2) is 6.74. The summed E-state index contributed by atoms with van der Waals surface area (Å²) in [7, 11) is 1.68. The summed E-state index contributed by atoms with van der Waals surface area (Å²) in [6, 6.07) is 10.8. The quantitative estimate of drug-likeness (QED) is 0.577. The molecule has 1 fully saturated rings. The Hall–Kier alpha value is -1.82. The SMILES string of the molecule is CN1C(=O)/C(=C/c2ccc(Cl)cc2)SC1=Nc1cccnc1Cl. The molecule has 0 N–H and O–H groups in total. The number of halogens is 2. The molecule has 2 aromatic rings. The second-order valence-electron chi connectivity index (χ2n) is 4.73. The zero-order valence-electron chi connectivity index (χ0n) is 12.0. The van der Waals surface area contributed by atoms with E-state index in [-0.39, 0.29) is 5.91 Å². The van der Waals surface area contributed by atoms with Crippen LogP contribution < -0.4 is 0 Å². The van der Waals surface area contributed by atoms with Gasteiger partial charge in [-0.1, -0.05) is 35.3 Å². The van der Waals surface area contributed by atoms with Crippen molar-refractivity contribution in [3.05, 3.63) is 63.2 Å². The van der Waals surface area contributed by atoms with Crippen LogP contribution in [-0.2, 0) is 4.79 Å². The zero-order valence-corrected chi connectivity index (χ0v) is 14.4. The lowest BCUT2D eigenvalue weighted by Crippen LogP contribution is -2.23. The summed E-state index contributed by atoms with van der Waals surface area (Å²) in [5.74, 6) is -0.108. The van der Waals surface area contributed by atoms with Crippen molar-refractivity contribution in [3.8, 4) is 0 Å². The van der Waals surface area contributed by atoms with Gasteiger partial charge in [-0.05, 0) is 47.7 Å². The Morgan fingerprint density at radius 2 is 1.96 bits per heavy atom. The van der Waals surface area contributed by atoms with E-state index >= 15 is 0 Å². The molecule has 0 aliphatic carbocycles. The maximum absolute atomic E-state index is 12.3. The van der Waals surface area contributed by atoms with Gasteiger partial charge in [0.15, 0.2) is 10.3 Å². The Morgan fingerprint density at radius 1 is 1.22 bits per heavy atom. The van der Waals surface area contributed by atoms with Crippen LogP contribution in [0.25, 0.3) is 6.08 Å². The van der Waals surface area contributed by atoms with E-state index < -0.39 is 0 Å². The maximum Gasteiger partial charge on any atom is 0.266 e. The third-order valence-electron chi connectivity index (χ3n) is 3.13. The molecule has 0 unspecified atom stereocenters. The van der Waals surface area contributed by atoms with Crippen molar-refractivity contribution in [2.45, 2.75) is 0 Å². The minimum absolute atomic E-state index is 0.108. The van der Waals surface area contributed by atoms with Gasteiger partial charge in [-0.15, -0.1) is 0 Å². The summed E-state index contributed by atoms with van der Waals surface area (Å²) in [5, 5.41) is 1.52. The summed E-state index contributed by atoms with van der Waals surface area (Å²) < 4.78 is 0. The molecule has 0 radical (unpaired) electrons. The number of amides is 1. The van der Waals surface area contributed by atoms with Crippen LogP contribution >= 0.6 is 35.0 Å². The van der Waals surface area contributed by atoms with Gasteiger partial charge in [-0.3, -0.25) is 9.69 Å². The highest BCUT2D eigenvalue weighted by molar-refractivity contribution is 8.18. The summed E-state index contributed by atoms with van der Waals surface area (Å²) in [6.07, 6.45) is 3.40. The monoisotopic (exact) mass is 363 g/mol. The van der Waals surface area contributed by atoms with E-state index in [0.717, 1.165) is 5.56 Å². The Morgan fingerprint density at radius 3 is 2.65 bits per heavy atom. The molecule has 0 atom stereocenters. The number of carbonyl (C=O) groups is 1. The summed E-state index contributed by atoms with van der Waals surface area (Å²) in [5.41, 5.74) is 1.43. The van der Waals surface area contributed by atoms with Gasteiger partial charge in [0, 0.05) is 18.3 Å². The van der Waals surface area contributed by atoms with E-state index in [1.807, 2.05) is 18.2 Å². The van der Waals surface area contributed by atoms with Gasteiger partial charge in [0.25, 0.3) is 5.91 Å². The van der Waals surface area contributed by atoms with Crippen molar-refractivity contribution < 1.29 is 4.79 Å². The predicted octanol–water partition coefficient (Wildman–Crippen LogP) is 4.62. The molecule has 0 bridgehead atoms. The van der Waals surface area contributed by atoms with Crippen molar-refractivity contribution in [2.24, 2.45) is 4.99 Å². The first-order chi connectivity index (χ1) is 11.0. The third-order valence-corrected chi connectivity index (χ3v) is 4.73. The van der Waals surface area contributed by atoms with Crippen LogP contribution in [-0.4, -0.2) is 28.0 Å². The molecule has 0 saturated carbocycles. The molecule has 4 nitrogen and oxygen atoms in total. The summed E-state index contributed by atoms with van der Waals surface area (Å²) >= 11 is 13.2. The third kappa shape index (κ3) is 3.58. The number of nitrogens with zero attached hydrogens (tertiary/aromatic N) is 3. The fraction of sp³-hybridized carbons (Fsp3) is 0.0625. The first kappa shape index (κ1) is 16.1. The molecular weight excluding hydrogens is 353 g/mol. The minimum Gasteiger partial charge on any atom is -0.290 e. The van der Waals surface area contributed by atoms with Crippen LogP contribution in [0.1, 0.15) is 5.56 Å². The number of aromatic nitrogens is 1. The standard InChI is InChI=1S/C16H11Cl2N3OS/c1-21-15(22)13(9-10-4-6-11(17)7-5-10)23-16(21)20-12-3-2-8-19-14(12)18/h2-9H,1H3/b13-9-,20-16?. The lowest BCUT2D eigenvalue weighted by Gasteiger charge is -2.07. The first-order valence-electron chi connectivity index (χ1n) is 6.67. The molecule has 23 heavy (non-hydrogen) atoms. The average Bonchev–Trinajstić information content (AvgIpc) is 2.80. The molecular formula is C16H11Cl2N3OS. The summed E-state index contributed by atoms with van der Waals surface area (Å²) in [4.78, 5) is 22.8. The van der Waals surface area contributed by atoms with Crippen LogP contribution in [0, 0.1) is 0 Å². The first-order valence-corrected chi connectivity index (χ1v) is 8.24. The highest BCUT2D eigenvalue weighted by Gasteiger charge is 2.30. The topological polar surface area (TPSA) is 45.6 Å². The van der Waals surface area contributed by atoms with Gasteiger partial charge in [-0.2, -0.15) is 0 Å². The lowest BCUT2D eigenvalue weighted by molar-refractivity contribution is -0.121. The molecule has 0 spiro atoms.